The molecule has 0 fully saturated rings. The summed E-state index contributed by atoms with van der Waals surface area (Å²) in [6.45, 7) is 0. The molecule has 3 aromatic heterocycles. The molecule has 7 nitrogen and oxygen atoms in total. The monoisotopic (exact) mass is 297 g/mol. The van der Waals surface area contributed by atoms with Gasteiger partial charge in [-0.25, -0.2) is 19.4 Å². The highest BCUT2D eigenvalue weighted by Gasteiger charge is 2.39. The first-order chi connectivity index (χ1) is 9.88. The number of aromatic nitrogens is 5. The zero-order valence-electron chi connectivity index (χ0n) is 10.1. The molecule has 0 unspecified atom stereocenters. The van der Waals surface area contributed by atoms with Gasteiger partial charge in [0.2, 0.25) is 0 Å². The molecule has 3 rings (SSSR count). The predicted octanol–water partition coefficient (Wildman–Crippen LogP) is 1.63. The Labute approximate surface area is 114 Å². The number of imidazole rings is 1. The van der Waals surface area contributed by atoms with Gasteiger partial charge in [-0.3, -0.25) is 0 Å². The number of carboxylic acid groups (broad SMARTS) is 1. The van der Waals surface area contributed by atoms with Crippen molar-refractivity contribution >= 4 is 11.6 Å². The van der Waals surface area contributed by atoms with Gasteiger partial charge < -0.3 is 9.51 Å². The number of alkyl halides is 3. The normalized spacial score (nSPS) is 12.0. The number of fused-ring (bicyclic) bond motifs is 1. The SMILES string of the molecule is O=C(O)c1cn(-c2nccn3ccnc23)nc1C(F)(F)F. The number of hydrogen-bond acceptors (Lipinski definition) is 4. The van der Waals surface area contributed by atoms with Crippen molar-refractivity contribution in [3.63, 3.8) is 0 Å². The maximum Gasteiger partial charge on any atom is 0.436 e. The minimum atomic E-state index is -4.88. The highest BCUT2D eigenvalue weighted by atomic mass is 19.4. The average molecular weight is 297 g/mol. The Morgan fingerprint density at radius 2 is 1.86 bits per heavy atom. The number of carboxylic acids is 1. The molecule has 0 saturated carbocycles. The highest BCUT2D eigenvalue weighted by molar-refractivity contribution is 5.89. The van der Waals surface area contributed by atoms with Crippen LogP contribution in [0.2, 0.25) is 0 Å². The number of hydrogen-bond donors (Lipinski definition) is 1. The van der Waals surface area contributed by atoms with E-state index in [9.17, 15) is 18.0 Å². The molecule has 3 aromatic rings. The third-order valence-electron chi connectivity index (χ3n) is 2.72. The third-order valence-corrected chi connectivity index (χ3v) is 2.72. The lowest BCUT2D eigenvalue weighted by Gasteiger charge is -2.03. The van der Waals surface area contributed by atoms with E-state index in [0.29, 0.717) is 0 Å². The van der Waals surface area contributed by atoms with Crippen LogP contribution < -0.4 is 0 Å². The van der Waals surface area contributed by atoms with Gasteiger partial charge in [0.05, 0.1) is 0 Å². The number of aromatic carboxylic acids is 1. The van der Waals surface area contributed by atoms with E-state index in [1.54, 1.807) is 12.4 Å². The van der Waals surface area contributed by atoms with E-state index in [2.05, 4.69) is 15.1 Å². The molecule has 3 heterocycles. The largest absolute Gasteiger partial charge is 0.478 e. The second kappa shape index (κ2) is 4.30. The van der Waals surface area contributed by atoms with Crippen LogP contribution in [0.25, 0.3) is 11.5 Å². The topological polar surface area (TPSA) is 85.3 Å². The molecular formula is C11H6F3N5O2. The first kappa shape index (κ1) is 13.1. The van der Waals surface area contributed by atoms with E-state index in [-0.39, 0.29) is 11.5 Å². The fourth-order valence-electron chi connectivity index (χ4n) is 1.85. The Balaban J connectivity index is 2.24. The van der Waals surface area contributed by atoms with Crippen LogP contribution in [0, 0.1) is 0 Å². The molecule has 0 atom stereocenters. The van der Waals surface area contributed by atoms with Gasteiger partial charge in [-0.2, -0.15) is 18.3 Å². The molecule has 1 N–H and O–H groups in total. The van der Waals surface area contributed by atoms with E-state index in [4.69, 9.17) is 5.11 Å². The zero-order chi connectivity index (χ0) is 15.2. The lowest BCUT2D eigenvalue weighted by molar-refractivity contribution is -0.141. The van der Waals surface area contributed by atoms with Gasteiger partial charge in [0.15, 0.2) is 17.2 Å². The van der Waals surface area contributed by atoms with E-state index in [0.717, 1.165) is 10.9 Å². The van der Waals surface area contributed by atoms with Crippen LogP contribution in [0.3, 0.4) is 0 Å². The maximum atomic E-state index is 12.8. The number of carbonyl (C=O) groups is 1. The van der Waals surface area contributed by atoms with E-state index < -0.39 is 23.4 Å². The molecule has 0 aliphatic rings. The average Bonchev–Trinajstić information content (AvgIpc) is 3.04. The highest BCUT2D eigenvalue weighted by Crippen LogP contribution is 2.31. The summed E-state index contributed by atoms with van der Waals surface area (Å²) in [5, 5.41) is 12.2. The lowest BCUT2D eigenvalue weighted by Crippen LogP contribution is -2.12. The molecule has 10 heteroatoms. The number of nitrogens with zero attached hydrogens (tertiary/aromatic N) is 5. The van der Waals surface area contributed by atoms with Gasteiger partial charge in [0, 0.05) is 31.0 Å². The van der Waals surface area contributed by atoms with Crippen LogP contribution in [0.1, 0.15) is 16.1 Å². The van der Waals surface area contributed by atoms with Gasteiger partial charge in [-0.15, -0.1) is 0 Å². The fourth-order valence-corrected chi connectivity index (χ4v) is 1.85. The fraction of sp³-hybridized carbons (Fsp3) is 0.0909. The summed E-state index contributed by atoms with van der Waals surface area (Å²) in [7, 11) is 0. The molecule has 0 amide bonds. The van der Waals surface area contributed by atoms with Crippen molar-refractivity contribution in [2.75, 3.05) is 0 Å². The second-order valence-corrected chi connectivity index (χ2v) is 4.05. The van der Waals surface area contributed by atoms with Gasteiger partial charge in [-0.1, -0.05) is 0 Å². The quantitative estimate of drug-likeness (QED) is 0.777. The van der Waals surface area contributed by atoms with Crippen LogP contribution in [0.15, 0.2) is 31.0 Å². The molecule has 0 bridgehead atoms. The van der Waals surface area contributed by atoms with E-state index in [1.807, 2.05) is 0 Å². The van der Waals surface area contributed by atoms with Crippen molar-refractivity contribution in [1.29, 1.82) is 0 Å². The molecule has 0 radical (unpaired) electrons. The minimum absolute atomic E-state index is 0.000463. The van der Waals surface area contributed by atoms with Crippen molar-refractivity contribution in [1.82, 2.24) is 24.1 Å². The van der Waals surface area contributed by atoms with Crippen molar-refractivity contribution in [3.8, 4) is 5.82 Å². The summed E-state index contributed by atoms with van der Waals surface area (Å²) in [5.41, 5.74) is -2.17. The Kier molecular flexibility index (Phi) is 2.68. The molecule has 0 aromatic carbocycles. The van der Waals surface area contributed by atoms with Gasteiger partial charge in [0.1, 0.15) is 5.56 Å². The van der Waals surface area contributed by atoms with Crippen molar-refractivity contribution in [2.24, 2.45) is 0 Å². The summed E-state index contributed by atoms with van der Waals surface area (Å²) in [6, 6.07) is 0. The standard InChI is InChI=1S/C11H6F3N5O2/c12-11(13,14)7-6(10(20)21)5-19(17-7)9-8-15-1-3-18(8)4-2-16-9/h1-5H,(H,20,21). The lowest BCUT2D eigenvalue weighted by atomic mass is 10.2. The van der Waals surface area contributed by atoms with E-state index in [1.165, 1.54) is 16.8 Å². The van der Waals surface area contributed by atoms with Crippen molar-refractivity contribution in [3.05, 3.63) is 42.2 Å². The summed E-state index contributed by atoms with van der Waals surface area (Å²) in [6.07, 6.45) is 1.80. The Hall–Kier alpha value is -2.91. The van der Waals surface area contributed by atoms with Gasteiger partial charge in [0.25, 0.3) is 0 Å². The smallest absolute Gasteiger partial charge is 0.436 e. The summed E-state index contributed by atoms with van der Waals surface area (Å²) < 4.78 is 40.7. The maximum absolute atomic E-state index is 12.8. The van der Waals surface area contributed by atoms with Crippen LogP contribution >= 0.6 is 0 Å². The third kappa shape index (κ3) is 2.10. The van der Waals surface area contributed by atoms with Crippen LogP contribution in [-0.2, 0) is 6.18 Å². The van der Waals surface area contributed by atoms with Crippen LogP contribution in [-0.4, -0.2) is 35.2 Å². The molecule has 0 aliphatic heterocycles. The minimum Gasteiger partial charge on any atom is -0.478 e. The van der Waals surface area contributed by atoms with Crippen LogP contribution in [0.4, 0.5) is 13.2 Å². The van der Waals surface area contributed by atoms with Crippen molar-refractivity contribution in [2.45, 2.75) is 6.18 Å². The first-order valence-electron chi connectivity index (χ1n) is 5.56. The molecule has 0 saturated heterocycles. The Morgan fingerprint density at radius 1 is 1.19 bits per heavy atom. The molecular weight excluding hydrogens is 291 g/mol. The Bertz CT molecular complexity index is 836. The number of halogens is 3. The van der Waals surface area contributed by atoms with E-state index >= 15 is 0 Å². The second-order valence-electron chi connectivity index (χ2n) is 4.05. The molecule has 0 spiro atoms. The number of rotatable bonds is 2. The molecule has 108 valence electrons. The first-order valence-corrected chi connectivity index (χ1v) is 5.56. The summed E-state index contributed by atoms with van der Waals surface area (Å²) in [4.78, 5) is 18.8. The van der Waals surface area contributed by atoms with Gasteiger partial charge >= 0.3 is 12.1 Å². The predicted molar refractivity (Wildman–Crippen MR) is 62.1 cm³/mol. The molecule has 0 aliphatic carbocycles. The van der Waals surface area contributed by atoms with Crippen LogP contribution in [0.5, 0.6) is 0 Å². The molecule has 21 heavy (non-hydrogen) atoms. The Morgan fingerprint density at radius 3 is 2.43 bits per heavy atom. The van der Waals surface area contributed by atoms with Gasteiger partial charge in [-0.05, 0) is 0 Å². The van der Waals surface area contributed by atoms with Crippen molar-refractivity contribution < 1.29 is 23.1 Å². The summed E-state index contributed by atoms with van der Waals surface area (Å²) in [5.74, 6) is -1.72. The summed E-state index contributed by atoms with van der Waals surface area (Å²) >= 11 is 0. The zero-order valence-corrected chi connectivity index (χ0v) is 10.1.